The first-order valence-corrected chi connectivity index (χ1v) is 7.15. The van der Waals surface area contributed by atoms with Crippen LogP contribution >= 0.6 is 0 Å². The van der Waals surface area contributed by atoms with Crippen LogP contribution in [0.5, 0.6) is 6.01 Å². The molecule has 1 aliphatic heterocycles. The van der Waals surface area contributed by atoms with Crippen molar-refractivity contribution in [2.24, 2.45) is 0 Å². The van der Waals surface area contributed by atoms with Gasteiger partial charge in [0.15, 0.2) is 0 Å². The van der Waals surface area contributed by atoms with Gasteiger partial charge < -0.3 is 15.0 Å². The largest absolute Gasteiger partial charge is 0.462 e. The van der Waals surface area contributed by atoms with Gasteiger partial charge in [-0.25, -0.2) is 0 Å². The Morgan fingerprint density at radius 3 is 2.55 bits per heavy atom. The topological polar surface area (TPSA) is 66.4 Å². The molecule has 0 saturated carbocycles. The van der Waals surface area contributed by atoms with Gasteiger partial charge in [0.05, 0.1) is 0 Å². The molecule has 0 aliphatic carbocycles. The Hall–Kier alpha value is -1.63. The van der Waals surface area contributed by atoms with Gasteiger partial charge in [-0.15, -0.1) is 0 Å². The number of aromatic nitrogens is 3. The van der Waals surface area contributed by atoms with Crippen molar-refractivity contribution in [1.82, 2.24) is 19.9 Å². The smallest absolute Gasteiger partial charge is 0.323 e. The Kier molecular flexibility index (Phi) is 5.34. The van der Waals surface area contributed by atoms with Crippen LogP contribution in [0.2, 0.25) is 0 Å². The first kappa shape index (κ1) is 14.8. The minimum atomic E-state index is 0.380. The number of anilines is 2. The molecule has 1 fully saturated rings. The molecule has 1 aliphatic rings. The van der Waals surface area contributed by atoms with Crippen LogP contribution in [-0.4, -0.2) is 67.2 Å². The van der Waals surface area contributed by atoms with Gasteiger partial charge in [-0.3, -0.25) is 4.90 Å². The maximum Gasteiger partial charge on any atom is 0.323 e. The average Bonchev–Trinajstić information content (AvgIpc) is 2.48. The molecule has 0 bridgehead atoms. The van der Waals surface area contributed by atoms with Crippen molar-refractivity contribution in [1.29, 1.82) is 0 Å². The van der Waals surface area contributed by atoms with Crippen LogP contribution in [0.25, 0.3) is 0 Å². The quantitative estimate of drug-likeness (QED) is 0.828. The molecule has 1 N–H and O–H groups in total. The van der Waals surface area contributed by atoms with Crippen molar-refractivity contribution in [3.8, 4) is 6.01 Å². The van der Waals surface area contributed by atoms with E-state index in [-0.39, 0.29) is 0 Å². The van der Waals surface area contributed by atoms with Gasteiger partial charge in [0.1, 0.15) is 6.61 Å². The molecule has 0 aromatic carbocycles. The zero-order chi connectivity index (χ0) is 14.4. The van der Waals surface area contributed by atoms with Crippen molar-refractivity contribution in [2.45, 2.75) is 19.3 Å². The Balaban J connectivity index is 1.89. The molecule has 1 aromatic rings. The maximum absolute atomic E-state index is 5.67. The number of ether oxygens (including phenoxy) is 1. The SMILES string of the molecule is CNc1nc(OCCN2CCCCC2)nc(N(C)C)n1. The second-order valence-corrected chi connectivity index (χ2v) is 5.14. The van der Waals surface area contributed by atoms with E-state index < -0.39 is 0 Å². The van der Waals surface area contributed by atoms with E-state index in [2.05, 4.69) is 25.2 Å². The molecule has 2 rings (SSSR count). The highest BCUT2D eigenvalue weighted by molar-refractivity contribution is 5.36. The minimum Gasteiger partial charge on any atom is -0.462 e. The highest BCUT2D eigenvalue weighted by Crippen LogP contribution is 2.13. The summed E-state index contributed by atoms with van der Waals surface area (Å²) in [5, 5.41) is 2.92. The van der Waals surface area contributed by atoms with E-state index in [4.69, 9.17) is 4.74 Å². The number of rotatable bonds is 6. The first-order chi connectivity index (χ1) is 9.69. The predicted octanol–water partition coefficient (Wildman–Crippen LogP) is 0.844. The van der Waals surface area contributed by atoms with E-state index in [1.807, 2.05) is 19.0 Å². The van der Waals surface area contributed by atoms with E-state index >= 15 is 0 Å². The second-order valence-electron chi connectivity index (χ2n) is 5.14. The van der Waals surface area contributed by atoms with Crippen LogP contribution in [0.15, 0.2) is 0 Å². The zero-order valence-electron chi connectivity index (χ0n) is 12.6. The molecule has 1 aromatic heterocycles. The lowest BCUT2D eigenvalue weighted by Gasteiger charge is -2.25. The van der Waals surface area contributed by atoms with Crippen LogP contribution < -0.4 is 15.0 Å². The van der Waals surface area contributed by atoms with E-state index in [0.29, 0.717) is 24.5 Å². The average molecular weight is 280 g/mol. The second kappa shape index (κ2) is 7.23. The van der Waals surface area contributed by atoms with Crippen molar-refractivity contribution in [3.63, 3.8) is 0 Å². The first-order valence-electron chi connectivity index (χ1n) is 7.15. The molecule has 0 amide bonds. The van der Waals surface area contributed by atoms with Crippen molar-refractivity contribution >= 4 is 11.9 Å². The van der Waals surface area contributed by atoms with Gasteiger partial charge in [0.25, 0.3) is 0 Å². The number of hydrogen-bond donors (Lipinski definition) is 1. The van der Waals surface area contributed by atoms with E-state index in [1.165, 1.54) is 32.4 Å². The van der Waals surface area contributed by atoms with Crippen LogP contribution in [0.4, 0.5) is 11.9 Å². The highest BCUT2D eigenvalue weighted by atomic mass is 16.5. The minimum absolute atomic E-state index is 0.380. The van der Waals surface area contributed by atoms with Gasteiger partial charge in [-0.1, -0.05) is 6.42 Å². The Bertz CT molecular complexity index is 419. The third-order valence-electron chi connectivity index (χ3n) is 3.31. The van der Waals surface area contributed by atoms with Crippen molar-refractivity contribution < 1.29 is 4.74 Å². The summed E-state index contributed by atoms with van der Waals surface area (Å²) in [5.41, 5.74) is 0. The summed E-state index contributed by atoms with van der Waals surface area (Å²) < 4.78 is 5.67. The summed E-state index contributed by atoms with van der Waals surface area (Å²) in [4.78, 5) is 17.0. The lowest BCUT2D eigenvalue weighted by atomic mass is 10.1. The molecule has 0 radical (unpaired) electrons. The monoisotopic (exact) mass is 280 g/mol. The summed E-state index contributed by atoms with van der Waals surface area (Å²) >= 11 is 0. The fourth-order valence-electron chi connectivity index (χ4n) is 2.17. The van der Waals surface area contributed by atoms with Crippen LogP contribution in [0.3, 0.4) is 0 Å². The fourth-order valence-corrected chi connectivity index (χ4v) is 2.17. The van der Waals surface area contributed by atoms with Crippen LogP contribution in [-0.2, 0) is 0 Å². The number of nitrogens with one attached hydrogen (secondary N) is 1. The van der Waals surface area contributed by atoms with E-state index in [1.54, 1.807) is 7.05 Å². The number of piperidine rings is 1. The molecule has 0 atom stereocenters. The van der Waals surface area contributed by atoms with Crippen LogP contribution in [0, 0.1) is 0 Å². The molecular weight excluding hydrogens is 256 g/mol. The third kappa shape index (κ3) is 4.19. The summed E-state index contributed by atoms with van der Waals surface area (Å²) in [6, 6.07) is 0.380. The summed E-state index contributed by atoms with van der Waals surface area (Å²) in [5.74, 6) is 1.12. The van der Waals surface area contributed by atoms with Gasteiger partial charge in [0, 0.05) is 27.7 Å². The molecule has 7 heteroatoms. The lowest BCUT2D eigenvalue weighted by Crippen LogP contribution is -2.33. The molecule has 0 spiro atoms. The Morgan fingerprint density at radius 1 is 1.15 bits per heavy atom. The predicted molar refractivity (Wildman–Crippen MR) is 79.5 cm³/mol. The lowest BCUT2D eigenvalue weighted by molar-refractivity contribution is 0.177. The van der Waals surface area contributed by atoms with Crippen molar-refractivity contribution in [2.75, 3.05) is 57.6 Å². The highest BCUT2D eigenvalue weighted by Gasteiger charge is 2.11. The van der Waals surface area contributed by atoms with Crippen LogP contribution in [0.1, 0.15) is 19.3 Å². The van der Waals surface area contributed by atoms with Gasteiger partial charge in [-0.05, 0) is 25.9 Å². The molecular formula is C13H24N6O. The number of likely N-dealkylation sites (tertiary alicyclic amines) is 1. The summed E-state index contributed by atoms with van der Waals surface area (Å²) in [7, 11) is 5.57. The van der Waals surface area contributed by atoms with Gasteiger partial charge >= 0.3 is 6.01 Å². The number of hydrogen-bond acceptors (Lipinski definition) is 7. The van der Waals surface area contributed by atoms with E-state index in [9.17, 15) is 0 Å². The van der Waals surface area contributed by atoms with Gasteiger partial charge in [0.2, 0.25) is 11.9 Å². The molecule has 2 heterocycles. The zero-order valence-corrected chi connectivity index (χ0v) is 12.6. The summed E-state index contributed by atoms with van der Waals surface area (Å²) in [6.45, 7) is 3.88. The fraction of sp³-hybridized carbons (Fsp3) is 0.769. The normalized spacial score (nSPS) is 15.9. The molecule has 7 nitrogen and oxygen atoms in total. The molecule has 112 valence electrons. The Morgan fingerprint density at radius 2 is 1.90 bits per heavy atom. The number of nitrogens with zero attached hydrogens (tertiary/aromatic N) is 5. The molecule has 20 heavy (non-hydrogen) atoms. The summed E-state index contributed by atoms with van der Waals surface area (Å²) in [6.07, 6.45) is 3.93. The van der Waals surface area contributed by atoms with Gasteiger partial charge in [-0.2, -0.15) is 15.0 Å². The Labute approximate surface area is 120 Å². The standard InChI is InChI=1S/C13H24N6O/c1-14-11-15-12(18(2)3)17-13(16-11)20-10-9-19-7-5-4-6-8-19/h4-10H2,1-3H3,(H,14,15,16,17). The van der Waals surface area contributed by atoms with E-state index in [0.717, 1.165) is 6.54 Å². The maximum atomic E-state index is 5.67. The molecule has 0 unspecified atom stereocenters. The van der Waals surface area contributed by atoms with Crippen molar-refractivity contribution in [3.05, 3.63) is 0 Å². The third-order valence-corrected chi connectivity index (χ3v) is 3.31. The molecule has 1 saturated heterocycles.